The highest BCUT2D eigenvalue weighted by Crippen LogP contribution is 1.89. The monoisotopic (exact) mass is 184 g/mol. The molecule has 1 heterocycles. The minimum absolute atomic E-state index is 0.0556. The number of rotatable bonds is 3. The van der Waals surface area contributed by atoms with Crippen LogP contribution in [0.2, 0.25) is 0 Å². The first-order valence-electron chi connectivity index (χ1n) is 3.45. The maximum Gasteiger partial charge on any atom is 0.356 e. The molecule has 6 heteroatoms. The van der Waals surface area contributed by atoms with Crippen LogP contribution in [0, 0.1) is 0 Å². The zero-order chi connectivity index (χ0) is 9.84. The Morgan fingerprint density at radius 2 is 2.38 bits per heavy atom. The second-order valence-corrected chi connectivity index (χ2v) is 2.28. The minimum Gasteiger partial charge on any atom is -0.476 e. The van der Waals surface area contributed by atoms with E-state index in [-0.39, 0.29) is 12.4 Å². The second-order valence-electron chi connectivity index (χ2n) is 2.28. The summed E-state index contributed by atoms with van der Waals surface area (Å²) in [5.41, 5.74) is -0.580. The van der Waals surface area contributed by atoms with Gasteiger partial charge in [-0.05, 0) is 6.07 Å². The van der Waals surface area contributed by atoms with Crippen molar-refractivity contribution >= 4 is 5.97 Å². The van der Waals surface area contributed by atoms with Crippen LogP contribution in [0.3, 0.4) is 0 Å². The highest BCUT2D eigenvalue weighted by Gasteiger charge is 2.06. The first-order valence-corrected chi connectivity index (χ1v) is 3.45. The second kappa shape index (κ2) is 3.81. The third-order valence-electron chi connectivity index (χ3n) is 1.34. The fourth-order valence-electron chi connectivity index (χ4n) is 0.778. The van der Waals surface area contributed by atoms with Crippen molar-refractivity contribution in [3.05, 3.63) is 28.2 Å². The molecule has 0 radical (unpaired) electrons. The highest BCUT2D eigenvalue weighted by atomic mass is 16.5. The molecule has 13 heavy (non-hydrogen) atoms. The molecule has 6 nitrogen and oxygen atoms in total. The van der Waals surface area contributed by atoms with Gasteiger partial charge in [0.05, 0.1) is 0 Å². The van der Waals surface area contributed by atoms with Crippen LogP contribution in [0.15, 0.2) is 16.9 Å². The van der Waals surface area contributed by atoms with Gasteiger partial charge < -0.3 is 9.84 Å². The fourth-order valence-corrected chi connectivity index (χ4v) is 0.778. The van der Waals surface area contributed by atoms with Gasteiger partial charge in [-0.1, -0.05) is 0 Å². The number of aromatic nitrogens is 2. The molecule has 1 aromatic rings. The highest BCUT2D eigenvalue weighted by molar-refractivity contribution is 5.84. The number of methoxy groups -OCH3 is 1. The lowest BCUT2D eigenvalue weighted by Gasteiger charge is -2.02. The molecule has 0 atom stereocenters. The van der Waals surface area contributed by atoms with Crippen molar-refractivity contribution in [2.75, 3.05) is 7.11 Å². The Balaban J connectivity index is 3.11. The van der Waals surface area contributed by atoms with E-state index >= 15 is 0 Å². The quantitative estimate of drug-likeness (QED) is 0.687. The molecule has 0 saturated heterocycles. The molecule has 0 unspecified atom stereocenters. The summed E-state index contributed by atoms with van der Waals surface area (Å²) in [4.78, 5) is 21.5. The summed E-state index contributed by atoms with van der Waals surface area (Å²) in [7, 11) is 1.39. The van der Waals surface area contributed by atoms with Gasteiger partial charge in [0.2, 0.25) is 0 Å². The third-order valence-corrected chi connectivity index (χ3v) is 1.34. The smallest absolute Gasteiger partial charge is 0.356 e. The van der Waals surface area contributed by atoms with Gasteiger partial charge in [-0.25, -0.2) is 9.48 Å². The van der Waals surface area contributed by atoms with E-state index in [1.807, 2.05) is 0 Å². The normalized spacial score (nSPS) is 9.92. The van der Waals surface area contributed by atoms with E-state index in [4.69, 9.17) is 5.11 Å². The van der Waals surface area contributed by atoms with E-state index in [0.717, 1.165) is 16.8 Å². The SMILES string of the molecule is COCn1nc(C(=O)O)ccc1=O. The molecule has 0 aliphatic carbocycles. The van der Waals surface area contributed by atoms with Gasteiger partial charge in [-0.15, -0.1) is 0 Å². The van der Waals surface area contributed by atoms with Gasteiger partial charge >= 0.3 is 5.97 Å². The van der Waals surface area contributed by atoms with E-state index in [9.17, 15) is 9.59 Å². The first kappa shape index (κ1) is 9.40. The van der Waals surface area contributed by atoms with E-state index in [2.05, 4.69) is 9.84 Å². The van der Waals surface area contributed by atoms with Crippen LogP contribution in [0.25, 0.3) is 0 Å². The molecule has 0 bridgehead atoms. The van der Waals surface area contributed by atoms with Crippen LogP contribution in [0.4, 0.5) is 0 Å². The van der Waals surface area contributed by atoms with Crippen molar-refractivity contribution in [1.29, 1.82) is 0 Å². The average molecular weight is 184 g/mol. The van der Waals surface area contributed by atoms with Crippen molar-refractivity contribution in [3.63, 3.8) is 0 Å². The molecule has 0 fully saturated rings. The van der Waals surface area contributed by atoms with Crippen LogP contribution in [0.5, 0.6) is 0 Å². The van der Waals surface area contributed by atoms with Gasteiger partial charge in [0.25, 0.3) is 5.56 Å². The average Bonchev–Trinajstić information content (AvgIpc) is 2.08. The van der Waals surface area contributed by atoms with E-state index < -0.39 is 11.5 Å². The van der Waals surface area contributed by atoms with Crippen molar-refractivity contribution in [2.24, 2.45) is 0 Å². The standard InChI is InChI=1S/C7H8N2O4/c1-13-4-9-6(10)3-2-5(8-9)7(11)12/h2-3H,4H2,1H3,(H,11,12). The maximum absolute atomic E-state index is 11.0. The number of hydrogen-bond donors (Lipinski definition) is 1. The predicted molar refractivity (Wildman–Crippen MR) is 42.5 cm³/mol. The molecule has 0 aliphatic rings. The third kappa shape index (κ3) is 2.12. The van der Waals surface area contributed by atoms with Crippen molar-refractivity contribution in [1.82, 2.24) is 9.78 Å². The topological polar surface area (TPSA) is 81.4 Å². The Morgan fingerprint density at radius 3 is 2.92 bits per heavy atom. The van der Waals surface area contributed by atoms with E-state index in [1.54, 1.807) is 0 Å². The molecule has 70 valence electrons. The Kier molecular flexibility index (Phi) is 2.76. The Labute approximate surface area is 73.4 Å². The largest absolute Gasteiger partial charge is 0.476 e. The van der Waals surface area contributed by atoms with Crippen LogP contribution < -0.4 is 5.56 Å². The molecule has 0 aromatic carbocycles. The van der Waals surface area contributed by atoms with Gasteiger partial charge in [-0.3, -0.25) is 4.79 Å². The van der Waals surface area contributed by atoms with Crippen molar-refractivity contribution < 1.29 is 14.6 Å². The van der Waals surface area contributed by atoms with Gasteiger partial charge in [0.15, 0.2) is 5.69 Å². The summed E-state index contributed by atoms with van der Waals surface area (Å²) in [6, 6.07) is 2.28. The van der Waals surface area contributed by atoms with Crippen LogP contribution in [-0.2, 0) is 11.5 Å². The first-order chi connectivity index (χ1) is 6.15. The molecule has 0 saturated carbocycles. The predicted octanol–water partition coefficient (Wildman–Crippen LogP) is -0.455. The summed E-state index contributed by atoms with van der Waals surface area (Å²) < 4.78 is 5.58. The molecule has 1 rings (SSSR count). The number of aromatic carboxylic acids is 1. The van der Waals surface area contributed by atoms with E-state index in [0.29, 0.717) is 0 Å². The molecule has 0 spiro atoms. The molecule has 1 N–H and O–H groups in total. The summed E-state index contributed by atoms with van der Waals surface area (Å²) >= 11 is 0. The Bertz CT molecular complexity index is 371. The zero-order valence-corrected chi connectivity index (χ0v) is 6.93. The summed E-state index contributed by atoms with van der Waals surface area (Å²) in [6.45, 7) is -0.0556. The molecular weight excluding hydrogens is 176 g/mol. The lowest BCUT2D eigenvalue weighted by Crippen LogP contribution is -2.24. The van der Waals surface area contributed by atoms with Gasteiger partial charge in [-0.2, -0.15) is 5.10 Å². The van der Waals surface area contributed by atoms with Gasteiger partial charge in [0, 0.05) is 13.2 Å². The lowest BCUT2D eigenvalue weighted by atomic mass is 10.4. The number of ether oxygens (including phenoxy) is 1. The Morgan fingerprint density at radius 1 is 1.69 bits per heavy atom. The lowest BCUT2D eigenvalue weighted by molar-refractivity contribution is 0.0679. The zero-order valence-electron chi connectivity index (χ0n) is 6.93. The fraction of sp³-hybridized carbons (Fsp3) is 0.286. The number of carbonyl (C=O) groups is 1. The molecule has 0 amide bonds. The minimum atomic E-state index is -1.18. The van der Waals surface area contributed by atoms with Gasteiger partial charge in [0.1, 0.15) is 6.73 Å². The van der Waals surface area contributed by atoms with Crippen LogP contribution in [-0.4, -0.2) is 28.0 Å². The van der Waals surface area contributed by atoms with Crippen molar-refractivity contribution in [3.8, 4) is 0 Å². The molecule has 0 aliphatic heterocycles. The van der Waals surface area contributed by atoms with Crippen LogP contribution in [0.1, 0.15) is 10.5 Å². The van der Waals surface area contributed by atoms with Crippen LogP contribution >= 0.6 is 0 Å². The maximum atomic E-state index is 11.0. The molecule has 1 aromatic heterocycles. The summed E-state index contributed by atoms with van der Waals surface area (Å²) in [5.74, 6) is -1.18. The van der Waals surface area contributed by atoms with E-state index in [1.165, 1.54) is 7.11 Å². The Hall–Kier alpha value is -1.69. The number of carboxylic acids is 1. The van der Waals surface area contributed by atoms with Crippen molar-refractivity contribution in [2.45, 2.75) is 6.73 Å². The summed E-state index contributed by atoms with van der Waals surface area (Å²) in [5, 5.41) is 12.1. The number of nitrogens with zero attached hydrogens (tertiary/aromatic N) is 2. The molecular formula is C7H8N2O4. The summed E-state index contributed by atoms with van der Waals surface area (Å²) in [6.07, 6.45) is 0. The number of hydrogen-bond acceptors (Lipinski definition) is 4. The number of carboxylic acid groups (broad SMARTS) is 1.